The van der Waals surface area contributed by atoms with Crippen molar-refractivity contribution >= 4 is 21.6 Å². The summed E-state index contributed by atoms with van der Waals surface area (Å²) in [7, 11) is -0.777. The van der Waals surface area contributed by atoms with Crippen molar-refractivity contribution in [2.75, 3.05) is 31.6 Å². The molecule has 3 rings (SSSR count). The molecule has 2 aromatic rings. The Morgan fingerprint density at radius 1 is 1.24 bits per heavy atom. The van der Waals surface area contributed by atoms with Gasteiger partial charge in [0.15, 0.2) is 0 Å². The molecular weight excluding hydrogens is 392 g/mol. The van der Waals surface area contributed by atoms with Crippen LogP contribution in [-0.2, 0) is 14.8 Å². The summed E-state index contributed by atoms with van der Waals surface area (Å²) in [6.45, 7) is 2.98. The Bertz CT molecular complexity index is 967. The minimum Gasteiger partial charge on any atom is -0.497 e. The Kier molecular flexibility index (Phi) is 6.44. The highest BCUT2D eigenvalue weighted by atomic mass is 32.2. The molecule has 29 heavy (non-hydrogen) atoms. The van der Waals surface area contributed by atoms with E-state index in [1.165, 1.54) is 30.6 Å². The van der Waals surface area contributed by atoms with E-state index in [0.717, 1.165) is 25.0 Å². The van der Waals surface area contributed by atoms with Gasteiger partial charge < -0.3 is 14.8 Å². The third-order valence-corrected chi connectivity index (χ3v) is 6.83. The van der Waals surface area contributed by atoms with Gasteiger partial charge in [0.05, 0.1) is 23.8 Å². The normalized spacial score (nSPS) is 16.4. The first-order chi connectivity index (χ1) is 13.8. The summed E-state index contributed by atoms with van der Waals surface area (Å²) < 4.78 is 37.9. The summed E-state index contributed by atoms with van der Waals surface area (Å²) in [6, 6.07) is 11.2. The van der Waals surface area contributed by atoms with Crippen molar-refractivity contribution in [3.05, 3.63) is 53.6 Å². The number of sulfonamides is 1. The van der Waals surface area contributed by atoms with E-state index in [9.17, 15) is 13.2 Å². The fourth-order valence-electron chi connectivity index (χ4n) is 3.24. The number of carbonyl (C=O) groups excluding carboxylic acids is 1. The van der Waals surface area contributed by atoms with Crippen molar-refractivity contribution in [2.45, 2.75) is 30.8 Å². The van der Waals surface area contributed by atoms with Crippen LogP contribution in [0.2, 0.25) is 0 Å². The van der Waals surface area contributed by atoms with Gasteiger partial charge in [-0.2, -0.15) is 0 Å². The molecule has 0 aliphatic carbocycles. The molecule has 1 atom stereocenters. The maximum Gasteiger partial charge on any atom is 0.264 e. The highest BCUT2D eigenvalue weighted by Crippen LogP contribution is 2.27. The molecule has 0 spiro atoms. The topological polar surface area (TPSA) is 84.9 Å². The minimum atomic E-state index is -3.78. The molecule has 0 saturated carbocycles. The Hall–Kier alpha value is -2.58. The maximum atomic E-state index is 13.0. The molecule has 1 aliphatic rings. The van der Waals surface area contributed by atoms with Crippen LogP contribution in [0.1, 0.15) is 28.8 Å². The Morgan fingerprint density at radius 3 is 2.59 bits per heavy atom. The molecule has 1 saturated heterocycles. The van der Waals surface area contributed by atoms with E-state index in [1.807, 2.05) is 6.92 Å². The first-order valence-electron chi connectivity index (χ1n) is 9.46. The Morgan fingerprint density at radius 2 is 1.97 bits per heavy atom. The molecule has 0 radical (unpaired) electrons. The predicted octanol–water partition coefficient (Wildman–Crippen LogP) is 2.74. The van der Waals surface area contributed by atoms with Gasteiger partial charge in [0.25, 0.3) is 15.9 Å². The van der Waals surface area contributed by atoms with Gasteiger partial charge in [-0.1, -0.05) is 6.07 Å². The van der Waals surface area contributed by atoms with E-state index in [4.69, 9.17) is 9.47 Å². The zero-order chi connectivity index (χ0) is 21.0. The lowest BCUT2D eigenvalue weighted by atomic mass is 10.1. The van der Waals surface area contributed by atoms with Crippen molar-refractivity contribution in [1.29, 1.82) is 0 Å². The van der Waals surface area contributed by atoms with Crippen molar-refractivity contribution < 1.29 is 22.7 Å². The second-order valence-corrected chi connectivity index (χ2v) is 8.96. The number of rotatable bonds is 7. The van der Waals surface area contributed by atoms with E-state index < -0.39 is 10.0 Å². The van der Waals surface area contributed by atoms with E-state index in [-0.39, 0.29) is 16.9 Å². The number of carbonyl (C=O) groups is 1. The average molecular weight is 419 g/mol. The van der Waals surface area contributed by atoms with Crippen LogP contribution in [0, 0.1) is 6.92 Å². The van der Waals surface area contributed by atoms with Crippen LogP contribution in [0.25, 0.3) is 0 Å². The highest BCUT2D eigenvalue weighted by Gasteiger charge is 2.24. The van der Waals surface area contributed by atoms with Crippen LogP contribution < -0.4 is 14.4 Å². The van der Waals surface area contributed by atoms with Crippen LogP contribution in [0.4, 0.5) is 5.69 Å². The zero-order valence-corrected chi connectivity index (χ0v) is 17.7. The predicted molar refractivity (Wildman–Crippen MR) is 111 cm³/mol. The molecule has 0 bridgehead atoms. The number of nitrogens with one attached hydrogen (secondary N) is 1. The SMILES string of the molecule is COc1ccc(S(=O)(=O)N(C)c2cc(C(=O)NC[C@H]3CCCO3)ccc2C)cc1. The van der Waals surface area contributed by atoms with Gasteiger partial charge in [-0.25, -0.2) is 8.42 Å². The van der Waals surface area contributed by atoms with Crippen LogP contribution >= 0.6 is 0 Å². The summed E-state index contributed by atoms with van der Waals surface area (Å²) in [5.74, 6) is 0.324. The molecule has 1 fully saturated rings. The van der Waals surface area contributed by atoms with Gasteiger partial charge >= 0.3 is 0 Å². The van der Waals surface area contributed by atoms with E-state index >= 15 is 0 Å². The lowest BCUT2D eigenvalue weighted by molar-refractivity contribution is 0.0858. The van der Waals surface area contributed by atoms with Crippen LogP contribution in [0.3, 0.4) is 0 Å². The molecule has 1 amide bonds. The fraction of sp³-hybridized carbons (Fsp3) is 0.381. The van der Waals surface area contributed by atoms with Crippen LogP contribution in [0.15, 0.2) is 47.4 Å². The summed E-state index contributed by atoms with van der Waals surface area (Å²) in [6.07, 6.45) is 1.98. The number of benzene rings is 2. The quantitative estimate of drug-likeness (QED) is 0.747. The molecule has 156 valence electrons. The highest BCUT2D eigenvalue weighted by molar-refractivity contribution is 7.92. The van der Waals surface area contributed by atoms with Gasteiger partial charge in [0, 0.05) is 25.8 Å². The van der Waals surface area contributed by atoms with Crippen LogP contribution in [-0.4, -0.2) is 47.7 Å². The van der Waals surface area contributed by atoms with Crippen molar-refractivity contribution in [1.82, 2.24) is 5.32 Å². The lowest BCUT2D eigenvalue weighted by Crippen LogP contribution is -2.32. The monoisotopic (exact) mass is 418 g/mol. The maximum absolute atomic E-state index is 13.0. The second kappa shape index (κ2) is 8.84. The third-order valence-electron chi connectivity index (χ3n) is 5.04. The molecular formula is C21H26N2O5S. The summed E-state index contributed by atoms with van der Waals surface area (Å²) in [4.78, 5) is 12.7. The van der Waals surface area contributed by atoms with Gasteiger partial charge in [-0.3, -0.25) is 9.10 Å². The van der Waals surface area contributed by atoms with Crippen molar-refractivity contribution in [3.63, 3.8) is 0 Å². The zero-order valence-electron chi connectivity index (χ0n) is 16.8. The summed E-state index contributed by atoms with van der Waals surface area (Å²) >= 11 is 0. The largest absolute Gasteiger partial charge is 0.497 e. The molecule has 1 heterocycles. The first-order valence-corrected chi connectivity index (χ1v) is 10.9. The molecule has 0 aromatic heterocycles. The molecule has 0 unspecified atom stereocenters. The molecule has 2 aromatic carbocycles. The van der Waals surface area contributed by atoms with Crippen molar-refractivity contribution in [2.24, 2.45) is 0 Å². The number of hydrogen-bond donors (Lipinski definition) is 1. The molecule has 7 nitrogen and oxygen atoms in total. The molecule has 8 heteroatoms. The van der Waals surface area contributed by atoms with Gasteiger partial charge in [-0.15, -0.1) is 0 Å². The standard InChI is InChI=1S/C21H26N2O5S/c1-15-6-7-16(21(24)22-14-18-5-4-12-28-18)13-20(15)23(2)29(25,26)19-10-8-17(27-3)9-11-19/h6-11,13,18H,4-5,12,14H2,1-3H3,(H,22,24)/t18-/m1/s1. The smallest absolute Gasteiger partial charge is 0.264 e. The van der Waals surface area contributed by atoms with E-state index in [0.29, 0.717) is 23.5 Å². The molecule has 1 aliphatic heterocycles. The number of methoxy groups -OCH3 is 1. The average Bonchev–Trinajstić information content (AvgIpc) is 3.25. The first kappa shape index (κ1) is 21.1. The second-order valence-electron chi connectivity index (χ2n) is 6.99. The summed E-state index contributed by atoms with van der Waals surface area (Å²) in [5, 5.41) is 2.86. The number of hydrogen-bond acceptors (Lipinski definition) is 5. The van der Waals surface area contributed by atoms with Crippen molar-refractivity contribution in [3.8, 4) is 5.75 Å². The van der Waals surface area contributed by atoms with Gasteiger partial charge in [0.2, 0.25) is 0 Å². The number of ether oxygens (including phenoxy) is 2. The van der Waals surface area contributed by atoms with Gasteiger partial charge in [0.1, 0.15) is 5.75 Å². The van der Waals surface area contributed by atoms with E-state index in [2.05, 4.69) is 5.32 Å². The number of aryl methyl sites for hydroxylation is 1. The number of amides is 1. The van der Waals surface area contributed by atoms with Gasteiger partial charge in [-0.05, 0) is 61.7 Å². The Balaban J connectivity index is 1.81. The lowest BCUT2D eigenvalue weighted by Gasteiger charge is -2.22. The number of anilines is 1. The minimum absolute atomic E-state index is 0.0435. The molecule has 1 N–H and O–H groups in total. The van der Waals surface area contributed by atoms with E-state index in [1.54, 1.807) is 30.3 Å². The number of nitrogens with zero attached hydrogens (tertiary/aromatic N) is 1. The Labute approximate surface area is 171 Å². The fourth-order valence-corrected chi connectivity index (χ4v) is 4.49. The van der Waals surface area contributed by atoms with Crippen LogP contribution in [0.5, 0.6) is 5.75 Å². The summed E-state index contributed by atoms with van der Waals surface area (Å²) in [5.41, 5.74) is 1.60. The third kappa shape index (κ3) is 4.71.